The fraction of sp³-hybridized carbons (Fsp3) is 0.222. The normalized spacial score (nSPS) is 13.6. The second-order valence-corrected chi connectivity index (χ2v) is 6.44. The van der Waals surface area contributed by atoms with Crippen molar-refractivity contribution in [3.8, 4) is 11.4 Å². The summed E-state index contributed by atoms with van der Waals surface area (Å²) < 4.78 is 1.38. The molecule has 3 aromatic rings. The van der Waals surface area contributed by atoms with Gasteiger partial charge in [-0.05, 0) is 42.7 Å². The summed E-state index contributed by atoms with van der Waals surface area (Å²) in [5, 5.41) is 8.27. The third-order valence-electron chi connectivity index (χ3n) is 4.00. The molecule has 0 spiro atoms. The minimum Gasteiger partial charge on any atom is -0.350 e. The van der Waals surface area contributed by atoms with Crippen LogP contribution in [0.25, 0.3) is 11.4 Å². The van der Waals surface area contributed by atoms with Crippen molar-refractivity contribution in [2.24, 2.45) is 5.92 Å². The smallest absolute Gasteiger partial charge is 0.253 e. The van der Waals surface area contributed by atoms with E-state index in [-0.39, 0.29) is 11.8 Å². The SMILES string of the molecule is O=C(C1CC1)n1nc(-c2cccnc2)nc1NCc1cccc(Cl)c1. The molecule has 1 N–H and O–H groups in total. The van der Waals surface area contributed by atoms with Crippen LogP contribution in [-0.2, 0) is 6.54 Å². The third-order valence-corrected chi connectivity index (χ3v) is 4.24. The van der Waals surface area contributed by atoms with E-state index in [4.69, 9.17) is 11.6 Å². The quantitative estimate of drug-likeness (QED) is 0.757. The van der Waals surface area contributed by atoms with Crippen molar-refractivity contribution in [2.75, 3.05) is 5.32 Å². The van der Waals surface area contributed by atoms with Gasteiger partial charge in [-0.2, -0.15) is 9.67 Å². The summed E-state index contributed by atoms with van der Waals surface area (Å²) in [5.41, 5.74) is 1.78. The van der Waals surface area contributed by atoms with E-state index in [1.165, 1.54) is 4.68 Å². The van der Waals surface area contributed by atoms with Gasteiger partial charge in [0.1, 0.15) is 0 Å². The molecule has 2 aromatic heterocycles. The molecule has 1 aliphatic carbocycles. The van der Waals surface area contributed by atoms with Gasteiger partial charge in [0.2, 0.25) is 5.95 Å². The van der Waals surface area contributed by atoms with Gasteiger partial charge in [-0.15, -0.1) is 5.10 Å². The van der Waals surface area contributed by atoms with Crippen LogP contribution in [0.15, 0.2) is 48.8 Å². The third kappa shape index (κ3) is 3.53. The first-order valence-corrected chi connectivity index (χ1v) is 8.48. The van der Waals surface area contributed by atoms with Crippen LogP contribution in [0.4, 0.5) is 5.95 Å². The Morgan fingerprint density at radius 2 is 2.16 bits per heavy atom. The highest BCUT2D eigenvalue weighted by atomic mass is 35.5. The van der Waals surface area contributed by atoms with Gasteiger partial charge in [0.15, 0.2) is 5.82 Å². The topological polar surface area (TPSA) is 72.7 Å². The molecule has 126 valence electrons. The van der Waals surface area contributed by atoms with Crippen molar-refractivity contribution in [3.63, 3.8) is 0 Å². The van der Waals surface area contributed by atoms with Gasteiger partial charge in [-0.25, -0.2) is 0 Å². The van der Waals surface area contributed by atoms with E-state index in [1.54, 1.807) is 12.4 Å². The number of nitrogens with zero attached hydrogens (tertiary/aromatic N) is 4. The first kappa shape index (κ1) is 15.8. The molecule has 0 unspecified atom stereocenters. The van der Waals surface area contributed by atoms with Crippen LogP contribution < -0.4 is 5.32 Å². The molecule has 0 saturated heterocycles. The van der Waals surface area contributed by atoms with Crippen molar-refractivity contribution in [3.05, 3.63) is 59.4 Å². The predicted molar refractivity (Wildman–Crippen MR) is 95.4 cm³/mol. The van der Waals surface area contributed by atoms with Crippen LogP contribution in [0.3, 0.4) is 0 Å². The highest BCUT2D eigenvalue weighted by Crippen LogP contribution is 2.31. The van der Waals surface area contributed by atoms with E-state index in [2.05, 4.69) is 20.4 Å². The van der Waals surface area contributed by atoms with Crippen molar-refractivity contribution >= 4 is 23.5 Å². The lowest BCUT2D eigenvalue weighted by Crippen LogP contribution is -2.18. The summed E-state index contributed by atoms with van der Waals surface area (Å²) in [6.45, 7) is 0.504. The predicted octanol–water partition coefficient (Wildman–Crippen LogP) is 3.66. The average molecular weight is 354 g/mol. The maximum atomic E-state index is 12.5. The van der Waals surface area contributed by atoms with Gasteiger partial charge in [-0.3, -0.25) is 9.78 Å². The molecule has 25 heavy (non-hydrogen) atoms. The number of carbonyl (C=O) groups is 1. The molecule has 0 atom stereocenters. The standard InChI is InChI=1S/C18H16ClN5O/c19-15-5-1-3-12(9-15)10-21-18-22-16(14-4-2-8-20-11-14)23-24(18)17(25)13-6-7-13/h1-5,8-9,11,13H,6-7,10H2,(H,21,22,23). The molecule has 0 bridgehead atoms. The lowest BCUT2D eigenvalue weighted by Gasteiger charge is -2.07. The summed E-state index contributed by atoms with van der Waals surface area (Å²) in [5.74, 6) is 0.956. The lowest BCUT2D eigenvalue weighted by molar-refractivity contribution is 0.0872. The van der Waals surface area contributed by atoms with E-state index in [1.807, 2.05) is 36.4 Å². The Bertz CT molecular complexity index is 905. The van der Waals surface area contributed by atoms with E-state index in [0.29, 0.717) is 23.3 Å². The fourth-order valence-electron chi connectivity index (χ4n) is 2.53. The van der Waals surface area contributed by atoms with Crippen molar-refractivity contribution in [1.29, 1.82) is 0 Å². The van der Waals surface area contributed by atoms with Gasteiger partial charge >= 0.3 is 0 Å². The number of carbonyl (C=O) groups excluding carboxylic acids is 1. The van der Waals surface area contributed by atoms with Crippen LogP contribution in [0.1, 0.15) is 23.2 Å². The molecule has 2 heterocycles. The number of anilines is 1. The number of hydrogen-bond donors (Lipinski definition) is 1. The molecule has 0 aliphatic heterocycles. The monoisotopic (exact) mass is 353 g/mol. The summed E-state index contributed by atoms with van der Waals surface area (Å²) in [6, 6.07) is 11.2. The summed E-state index contributed by atoms with van der Waals surface area (Å²) in [4.78, 5) is 21.1. The van der Waals surface area contributed by atoms with Crippen LogP contribution in [0, 0.1) is 5.92 Å². The molecule has 1 saturated carbocycles. The second kappa shape index (κ2) is 6.64. The molecule has 1 fully saturated rings. The van der Waals surface area contributed by atoms with E-state index >= 15 is 0 Å². The Morgan fingerprint density at radius 1 is 1.28 bits per heavy atom. The Balaban J connectivity index is 1.62. The molecule has 6 nitrogen and oxygen atoms in total. The van der Waals surface area contributed by atoms with Crippen molar-refractivity contribution in [1.82, 2.24) is 19.7 Å². The van der Waals surface area contributed by atoms with Gasteiger partial charge in [0.05, 0.1) is 0 Å². The minimum atomic E-state index is -0.0174. The number of nitrogens with one attached hydrogen (secondary N) is 1. The van der Waals surface area contributed by atoms with Gasteiger partial charge in [-0.1, -0.05) is 23.7 Å². The van der Waals surface area contributed by atoms with Crippen LogP contribution in [0.5, 0.6) is 0 Å². The molecule has 0 radical (unpaired) electrons. The zero-order valence-electron chi connectivity index (χ0n) is 13.4. The molecule has 4 rings (SSSR count). The Kier molecular flexibility index (Phi) is 4.19. The maximum Gasteiger partial charge on any atom is 0.253 e. The Hall–Kier alpha value is -2.73. The number of pyridine rings is 1. The van der Waals surface area contributed by atoms with Crippen LogP contribution in [-0.4, -0.2) is 25.7 Å². The lowest BCUT2D eigenvalue weighted by atomic mass is 10.2. The van der Waals surface area contributed by atoms with E-state index in [0.717, 1.165) is 24.0 Å². The van der Waals surface area contributed by atoms with E-state index < -0.39 is 0 Å². The van der Waals surface area contributed by atoms with Crippen molar-refractivity contribution < 1.29 is 4.79 Å². The number of halogens is 1. The zero-order chi connectivity index (χ0) is 17.2. The molecule has 1 aromatic carbocycles. The van der Waals surface area contributed by atoms with Gasteiger partial charge in [0, 0.05) is 35.4 Å². The number of aromatic nitrogens is 4. The molecule has 7 heteroatoms. The Morgan fingerprint density at radius 3 is 2.88 bits per heavy atom. The van der Waals surface area contributed by atoms with Gasteiger partial charge in [0.25, 0.3) is 5.91 Å². The highest BCUT2D eigenvalue weighted by molar-refractivity contribution is 6.30. The molecular formula is C18H16ClN5O. The number of rotatable bonds is 5. The van der Waals surface area contributed by atoms with Crippen molar-refractivity contribution in [2.45, 2.75) is 19.4 Å². The number of hydrogen-bond acceptors (Lipinski definition) is 5. The number of benzene rings is 1. The van der Waals surface area contributed by atoms with E-state index in [9.17, 15) is 4.79 Å². The highest BCUT2D eigenvalue weighted by Gasteiger charge is 2.33. The minimum absolute atomic E-state index is 0.0174. The first-order valence-electron chi connectivity index (χ1n) is 8.11. The van der Waals surface area contributed by atoms with Gasteiger partial charge < -0.3 is 5.32 Å². The summed E-state index contributed by atoms with van der Waals surface area (Å²) >= 11 is 6.02. The molecule has 1 aliphatic rings. The van der Waals surface area contributed by atoms with Crippen LogP contribution >= 0.6 is 11.6 Å². The Labute approximate surface area is 149 Å². The average Bonchev–Trinajstić information content (AvgIpc) is 3.40. The fourth-order valence-corrected chi connectivity index (χ4v) is 2.74. The largest absolute Gasteiger partial charge is 0.350 e. The zero-order valence-corrected chi connectivity index (χ0v) is 14.1. The maximum absolute atomic E-state index is 12.5. The molecular weight excluding hydrogens is 338 g/mol. The molecule has 0 amide bonds. The first-order chi connectivity index (χ1) is 12.2. The summed E-state index contributed by atoms with van der Waals surface area (Å²) in [6.07, 6.45) is 5.19. The van der Waals surface area contributed by atoms with Crippen LogP contribution in [0.2, 0.25) is 5.02 Å². The second-order valence-electron chi connectivity index (χ2n) is 6.01. The summed E-state index contributed by atoms with van der Waals surface area (Å²) in [7, 11) is 0.